The number of hydrogen-bond donors (Lipinski definition) is 5. The van der Waals surface area contributed by atoms with E-state index in [-0.39, 0.29) is 44.5 Å². The maximum absolute atomic E-state index is 13.5. The van der Waals surface area contributed by atoms with Crippen molar-refractivity contribution in [3.8, 4) is 0 Å². The van der Waals surface area contributed by atoms with Gasteiger partial charge in [-0.1, -0.05) is 0 Å². The lowest BCUT2D eigenvalue weighted by Gasteiger charge is -2.27. The number of ether oxygens (including phenoxy) is 6. The number of phosphoric ester groups is 2. The van der Waals surface area contributed by atoms with Crippen LogP contribution in [0.25, 0.3) is 11.2 Å². The minimum atomic E-state index is -5.06. The summed E-state index contributed by atoms with van der Waals surface area (Å²) in [7, 11) is -7.19. The maximum atomic E-state index is 13.5. The van der Waals surface area contributed by atoms with Crippen molar-refractivity contribution in [2.45, 2.75) is 56.3 Å². The molecule has 2 saturated heterocycles. The van der Waals surface area contributed by atoms with Crippen LogP contribution in [0.2, 0.25) is 0 Å². The minimum Gasteiger partial charge on any atom is -0.383 e. The summed E-state index contributed by atoms with van der Waals surface area (Å²) in [5, 5.41) is 0. The fourth-order valence-corrected chi connectivity index (χ4v) is 6.81. The molecule has 2 aliphatic rings. The zero-order chi connectivity index (χ0) is 36.9. The van der Waals surface area contributed by atoms with E-state index >= 15 is 0 Å². The first-order valence-corrected chi connectivity index (χ1v) is 18.4. The van der Waals surface area contributed by atoms with Crippen LogP contribution < -0.4 is 17.2 Å². The third-order valence-electron chi connectivity index (χ3n) is 7.84. The normalized spacial score (nSPS) is 26.6. The number of nitrogen functional groups attached to an aromatic ring is 2. The van der Waals surface area contributed by atoms with Crippen molar-refractivity contribution in [2.75, 3.05) is 65.3 Å². The lowest BCUT2D eigenvalue weighted by molar-refractivity contribution is -0.0832. The fourth-order valence-electron chi connectivity index (χ4n) is 5.49. The lowest BCUT2D eigenvalue weighted by atomic mass is 10.1. The largest absolute Gasteiger partial charge is 0.472 e. The van der Waals surface area contributed by atoms with E-state index in [1.807, 2.05) is 0 Å². The Balaban J connectivity index is 1.36. The summed E-state index contributed by atoms with van der Waals surface area (Å²) in [5.41, 5.74) is 12.0. The maximum Gasteiger partial charge on any atom is 0.472 e. The first-order chi connectivity index (χ1) is 24.2. The molecule has 0 radical (unpaired) electrons. The van der Waals surface area contributed by atoms with Gasteiger partial charge in [-0.15, -0.1) is 0 Å². The van der Waals surface area contributed by atoms with Crippen molar-refractivity contribution in [3.63, 3.8) is 0 Å². The van der Waals surface area contributed by atoms with Gasteiger partial charge in [0.05, 0.1) is 52.1 Å². The van der Waals surface area contributed by atoms with E-state index in [9.17, 15) is 28.6 Å². The number of methoxy groups -OCH3 is 2. The molecule has 0 bridgehead atoms. The molecule has 51 heavy (non-hydrogen) atoms. The van der Waals surface area contributed by atoms with Gasteiger partial charge in [-0.2, -0.15) is 4.98 Å². The molecule has 2 fully saturated rings. The Morgan fingerprint density at radius 3 is 2.33 bits per heavy atom. The van der Waals surface area contributed by atoms with Gasteiger partial charge in [-0.3, -0.25) is 22.7 Å². The average Bonchev–Trinajstić information content (AvgIpc) is 3.77. The van der Waals surface area contributed by atoms with Crippen LogP contribution in [-0.4, -0.2) is 128 Å². The van der Waals surface area contributed by atoms with Gasteiger partial charge >= 0.3 is 21.3 Å². The van der Waals surface area contributed by atoms with E-state index in [4.69, 9.17) is 48.9 Å². The Kier molecular flexibility index (Phi) is 12.9. The topological polar surface area (TPSA) is 308 Å². The van der Waals surface area contributed by atoms with Crippen LogP contribution in [0.5, 0.6) is 0 Å². The third-order valence-corrected chi connectivity index (χ3v) is 9.31. The number of aryl methyl sites for hydroxylation is 1. The van der Waals surface area contributed by atoms with Gasteiger partial charge in [-0.25, -0.2) is 28.9 Å². The molecule has 0 aliphatic carbocycles. The zero-order valence-electron chi connectivity index (χ0n) is 27.7. The standard InChI is InChI=1S/C26H40N8O15P2/c1-14-9-33(26(35)32-21(14)27)25-20(44-7-5-42-3)19(17(48-25)11-45-50(36,37)38)49-51(39,40)46-10-15-8-16(43-6-4-41-2)24(47-15)34-13-31-18-22(28)29-12-30-23(18)34/h9,12-13,15-17,19-20,24-25H,4-8,10-11H2,1-3H3,(H,39,40)(H2,27,32,35)(H2,28,29,30)(H2,36,37,38)/t15-,16?,17+,19-,20?,24+,25+/m0/s1. The Labute approximate surface area is 289 Å². The van der Waals surface area contributed by atoms with Gasteiger partial charge in [0.2, 0.25) is 0 Å². The van der Waals surface area contributed by atoms with Gasteiger partial charge in [0.1, 0.15) is 42.1 Å². The highest BCUT2D eigenvalue weighted by Gasteiger charge is 2.52. The number of rotatable bonds is 18. The second kappa shape index (κ2) is 16.8. The van der Waals surface area contributed by atoms with Crippen LogP contribution in [0.4, 0.5) is 11.6 Å². The Morgan fingerprint density at radius 1 is 0.902 bits per heavy atom. The highest BCUT2D eigenvalue weighted by atomic mass is 31.2. The van der Waals surface area contributed by atoms with Gasteiger partial charge < -0.3 is 54.6 Å². The third kappa shape index (κ3) is 9.72. The zero-order valence-corrected chi connectivity index (χ0v) is 29.5. The molecule has 0 aromatic carbocycles. The monoisotopic (exact) mass is 766 g/mol. The number of phosphoric acid groups is 2. The van der Waals surface area contributed by atoms with Crippen molar-refractivity contribution in [1.82, 2.24) is 29.1 Å². The summed E-state index contributed by atoms with van der Waals surface area (Å²) in [4.78, 5) is 58.8. The van der Waals surface area contributed by atoms with Crippen LogP contribution in [0.3, 0.4) is 0 Å². The van der Waals surface area contributed by atoms with Gasteiger partial charge in [0.25, 0.3) is 0 Å². The van der Waals surface area contributed by atoms with Crippen molar-refractivity contribution in [3.05, 3.63) is 34.9 Å². The molecule has 3 aromatic heterocycles. The molecule has 23 nitrogen and oxygen atoms in total. The fraction of sp³-hybridized carbons (Fsp3) is 0.654. The highest BCUT2D eigenvalue weighted by Crippen LogP contribution is 2.50. The van der Waals surface area contributed by atoms with Gasteiger partial charge in [0.15, 0.2) is 23.9 Å². The highest BCUT2D eigenvalue weighted by molar-refractivity contribution is 7.47. The quantitative estimate of drug-likeness (QED) is 0.0798. The molecule has 25 heteroatoms. The number of hydrogen-bond acceptors (Lipinski definition) is 18. The van der Waals surface area contributed by atoms with Gasteiger partial charge in [-0.05, 0) is 6.92 Å². The van der Waals surface area contributed by atoms with Crippen LogP contribution in [-0.2, 0) is 51.1 Å². The number of nitrogens with two attached hydrogens (primary N) is 2. The first kappa shape index (κ1) is 39.2. The summed E-state index contributed by atoms with van der Waals surface area (Å²) in [6, 6.07) is 0. The first-order valence-electron chi connectivity index (χ1n) is 15.4. The molecule has 3 unspecified atom stereocenters. The molecule has 5 rings (SSSR count). The molecule has 8 atom stereocenters. The molecule has 5 heterocycles. The predicted molar refractivity (Wildman–Crippen MR) is 172 cm³/mol. The molecule has 3 aromatic rings. The van der Waals surface area contributed by atoms with Crippen molar-refractivity contribution in [1.29, 1.82) is 0 Å². The number of imidazole rings is 1. The second-order valence-electron chi connectivity index (χ2n) is 11.4. The van der Waals surface area contributed by atoms with Crippen LogP contribution in [0.1, 0.15) is 24.4 Å². The van der Waals surface area contributed by atoms with E-state index in [2.05, 4.69) is 24.5 Å². The number of aromatic nitrogens is 6. The van der Waals surface area contributed by atoms with Crippen molar-refractivity contribution < 1.29 is 65.8 Å². The lowest BCUT2D eigenvalue weighted by Crippen LogP contribution is -2.40. The smallest absolute Gasteiger partial charge is 0.383 e. The molecular weight excluding hydrogens is 726 g/mol. The molecular formula is C26H40N8O15P2. The van der Waals surface area contributed by atoms with E-state index in [0.717, 1.165) is 4.57 Å². The van der Waals surface area contributed by atoms with Crippen LogP contribution in [0, 0.1) is 6.92 Å². The Bertz CT molecular complexity index is 1790. The van der Waals surface area contributed by atoms with Gasteiger partial charge in [0, 0.05) is 32.4 Å². The molecule has 0 amide bonds. The molecule has 0 spiro atoms. The minimum absolute atomic E-state index is 0.0464. The summed E-state index contributed by atoms with van der Waals surface area (Å²) < 4.78 is 77.4. The van der Waals surface area contributed by atoms with Crippen LogP contribution >= 0.6 is 15.6 Å². The van der Waals surface area contributed by atoms with E-state index in [0.29, 0.717) is 16.7 Å². The number of fused-ring (bicyclic) bond motifs is 1. The van der Waals surface area contributed by atoms with E-state index in [1.54, 1.807) is 11.5 Å². The SMILES string of the molecule is COCCOC1[C@@H](OP(=O)(O)OC[C@@H]2CC(OCCOC)[C@H](n3cnc4c(N)ncnc43)O2)[C@@H](COP(=O)(O)O)O[C@H]1n1cc(C)c(N)nc1=O. The van der Waals surface area contributed by atoms with E-state index in [1.165, 1.54) is 33.1 Å². The van der Waals surface area contributed by atoms with Crippen molar-refractivity contribution >= 4 is 38.4 Å². The van der Waals surface area contributed by atoms with E-state index < -0.39 is 77.5 Å². The average molecular weight is 767 g/mol. The summed E-state index contributed by atoms with van der Waals surface area (Å²) >= 11 is 0. The second-order valence-corrected chi connectivity index (χ2v) is 14.0. The molecule has 7 N–H and O–H groups in total. The summed E-state index contributed by atoms with van der Waals surface area (Å²) in [6.07, 6.45) is -3.79. The molecule has 284 valence electrons. The molecule has 2 aliphatic heterocycles. The van der Waals surface area contributed by atoms with Crippen molar-refractivity contribution in [2.24, 2.45) is 0 Å². The summed E-state index contributed by atoms with van der Waals surface area (Å²) in [5.74, 6) is 0.113. The Morgan fingerprint density at radius 2 is 1.63 bits per heavy atom. The number of anilines is 2. The summed E-state index contributed by atoms with van der Waals surface area (Å²) in [6.45, 7) is 0.694. The molecule has 0 saturated carbocycles. The number of nitrogens with zero attached hydrogens (tertiary/aromatic N) is 6. The predicted octanol–water partition coefficient (Wildman–Crippen LogP) is -0.584. The van der Waals surface area contributed by atoms with Crippen LogP contribution in [0.15, 0.2) is 23.6 Å². The Hall–Kier alpha value is -2.99.